The maximum absolute atomic E-state index is 11.3. The van der Waals surface area contributed by atoms with E-state index in [2.05, 4.69) is 0 Å². The van der Waals surface area contributed by atoms with Crippen LogP contribution in [-0.2, 0) is 6.54 Å². The van der Waals surface area contributed by atoms with E-state index >= 15 is 0 Å². The lowest BCUT2D eigenvalue weighted by Crippen LogP contribution is -2.28. The summed E-state index contributed by atoms with van der Waals surface area (Å²) in [6.07, 6.45) is -1.18. The van der Waals surface area contributed by atoms with Gasteiger partial charge in [-0.25, -0.2) is 4.79 Å². The molecule has 0 saturated heterocycles. The summed E-state index contributed by atoms with van der Waals surface area (Å²) in [6, 6.07) is 12.5. The van der Waals surface area contributed by atoms with Crippen molar-refractivity contribution in [2.24, 2.45) is 0 Å². The SMILES string of the molecule is O=C(O)N(Cc1cccc(O)c1)c1ccccc1O. The number of rotatable bonds is 3. The van der Waals surface area contributed by atoms with E-state index in [9.17, 15) is 20.1 Å². The summed E-state index contributed by atoms with van der Waals surface area (Å²) in [5.74, 6) is -0.0369. The maximum Gasteiger partial charge on any atom is 0.412 e. The van der Waals surface area contributed by atoms with Crippen LogP contribution in [0.25, 0.3) is 0 Å². The summed E-state index contributed by atoms with van der Waals surface area (Å²) in [5.41, 5.74) is 0.837. The van der Waals surface area contributed by atoms with Gasteiger partial charge in [-0.05, 0) is 29.8 Å². The van der Waals surface area contributed by atoms with Crippen LogP contribution in [0.5, 0.6) is 11.5 Å². The number of amides is 1. The molecule has 0 fully saturated rings. The van der Waals surface area contributed by atoms with Crippen LogP contribution in [0.1, 0.15) is 5.56 Å². The first kappa shape index (κ1) is 12.8. The van der Waals surface area contributed by atoms with Crippen LogP contribution in [0.2, 0.25) is 0 Å². The van der Waals surface area contributed by atoms with E-state index in [0.717, 1.165) is 4.90 Å². The molecule has 0 aliphatic heterocycles. The first-order chi connectivity index (χ1) is 9.08. The molecule has 3 N–H and O–H groups in total. The lowest BCUT2D eigenvalue weighted by Gasteiger charge is -2.20. The van der Waals surface area contributed by atoms with Gasteiger partial charge in [0, 0.05) is 0 Å². The van der Waals surface area contributed by atoms with Crippen molar-refractivity contribution in [3.05, 3.63) is 54.1 Å². The van der Waals surface area contributed by atoms with Crippen molar-refractivity contribution in [3.8, 4) is 11.5 Å². The van der Waals surface area contributed by atoms with Crippen LogP contribution in [0.15, 0.2) is 48.5 Å². The molecule has 1 amide bonds. The van der Waals surface area contributed by atoms with E-state index in [1.54, 1.807) is 24.3 Å². The molecule has 5 nitrogen and oxygen atoms in total. The first-order valence-electron chi connectivity index (χ1n) is 5.64. The summed E-state index contributed by atoms with van der Waals surface area (Å²) in [6.45, 7) is 0.0430. The number of carbonyl (C=O) groups is 1. The van der Waals surface area contributed by atoms with Crippen LogP contribution < -0.4 is 4.90 Å². The summed E-state index contributed by atoms with van der Waals surface area (Å²) in [4.78, 5) is 12.3. The fraction of sp³-hybridized carbons (Fsp3) is 0.0714. The summed E-state index contributed by atoms with van der Waals surface area (Å²) >= 11 is 0. The van der Waals surface area contributed by atoms with Gasteiger partial charge in [-0.15, -0.1) is 0 Å². The summed E-state index contributed by atoms with van der Waals surface area (Å²) in [5, 5.41) is 28.3. The lowest BCUT2D eigenvalue weighted by atomic mass is 10.2. The molecule has 0 saturated carbocycles. The number of anilines is 1. The number of phenols is 2. The molecular weight excluding hydrogens is 246 g/mol. The maximum atomic E-state index is 11.3. The second-order valence-electron chi connectivity index (χ2n) is 4.03. The highest BCUT2D eigenvalue weighted by molar-refractivity contribution is 5.88. The third-order valence-electron chi connectivity index (χ3n) is 2.65. The Labute approximate surface area is 110 Å². The molecule has 0 radical (unpaired) electrons. The zero-order chi connectivity index (χ0) is 13.8. The highest BCUT2D eigenvalue weighted by atomic mass is 16.4. The number of nitrogens with zero attached hydrogens (tertiary/aromatic N) is 1. The number of aromatic hydroxyl groups is 2. The van der Waals surface area contributed by atoms with Gasteiger partial charge in [-0.1, -0.05) is 24.3 Å². The van der Waals surface area contributed by atoms with Crippen molar-refractivity contribution in [3.63, 3.8) is 0 Å². The highest BCUT2D eigenvalue weighted by Gasteiger charge is 2.17. The van der Waals surface area contributed by atoms with Gasteiger partial charge in [0.2, 0.25) is 0 Å². The van der Waals surface area contributed by atoms with Crippen LogP contribution in [-0.4, -0.2) is 21.4 Å². The topological polar surface area (TPSA) is 81.0 Å². The normalized spacial score (nSPS) is 10.1. The zero-order valence-electron chi connectivity index (χ0n) is 10.0. The molecule has 0 heterocycles. The first-order valence-corrected chi connectivity index (χ1v) is 5.64. The molecule has 0 atom stereocenters. The standard InChI is InChI=1S/C14H13NO4/c16-11-5-3-4-10(8-11)9-15(14(18)19)12-6-1-2-7-13(12)17/h1-8,16-17H,9H2,(H,18,19). The predicted octanol–water partition coefficient (Wildman–Crippen LogP) is 2.78. The third kappa shape index (κ3) is 2.95. The van der Waals surface area contributed by atoms with Gasteiger partial charge in [-0.2, -0.15) is 0 Å². The van der Waals surface area contributed by atoms with Gasteiger partial charge in [0.15, 0.2) is 0 Å². The summed E-state index contributed by atoms with van der Waals surface area (Å²) in [7, 11) is 0. The van der Waals surface area contributed by atoms with Crippen LogP contribution >= 0.6 is 0 Å². The number of para-hydroxylation sites is 2. The Hall–Kier alpha value is -2.69. The molecule has 98 valence electrons. The molecule has 0 aliphatic carbocycles. The second kappa shape index (κ2) is 5.30. The number of benzene rings is 2. The minimum atomic E-state index is -1.18. The van der Waals surface area contributed by atoms with Crippen LogP contribution in [0, 0.1) is 0 Å². The Morgan fingerprint density at radius 3 is 2.42 bits per heavy atom. The fourth-order valence-electron chi connectivity index (χ4n) is 1.79. The number of carboxylic acid groups (broad SMARTS) is 1. The van der Waals surface area contributed by atoms with Gasteiger partial charge >= 0.3 is 6.09 Å². The van der Waals surface area contributed by atoms with Crippen LogP contribution in [0.3, 0.4) is 0 Å². The monoisotopic (exact) mass is 259 g/mol. The largest absolute Gasteiger partial charge is 0.508 e. The van der Waals surface area contributed by atoms with Gasteiger partial charge in [0.1, 0.15) is 11.5 Å². The van der Waals surface area contributed by atoms with E-state index in [0.29, 0.717) is 5.56 Å². The molecule has 0 spiro atoms. The van der Waals surface area contributed by atoms with Gasteiger partial charge in [-0.3, -0.25) is 4.90 Å². The minimum absolute atomic E-state index is 0.0430. The highest BCUT2D eigenvalue weighted by Crippen LogP contribution is 2.28. The fourth-order valence-corrected chi connectivity index (χ4v) is 1.79. The Morgan fingerprint density at radius 1 is 1.05 bits per heavy atom. The number of hydrogen-bond acceptors (Lipinski definition) is 3. The van der Waals surface area contributed by atoms with Crippen molar-refractivity contribution < 1.29 is 20.1 Å². The van der Waals surface area contributed by atoms with Gasteiger partial charge in [0.05, 0.1) is 12.2 Å². The quantitative estimate of drug-likeness (QED) is 0.791. The number of hydrogen-bond donors (Lipinski definition) is 3. The molecule has 2 rings (SSSR count). The Morgan fingerprint density at radius 2 is 1.79 bits per heavy atom. The Bertz CT molecular complexity index is 598. The molecule has 2 aromatic carbocycles. The van der Waals surface area contributed by atoms with E-state index in [-0.39, 0.29) is 23.7 Å². The molecule has 19 heavy (non-hydrogen) atoms. The smallest absolute Gasteiger partial charge is 0.412 e. The van der Waals surface area contributed by atoms with Gasteiger partial charge < -0.3 is 15.3 Å². The molecule has 0 unspecified atom stereocenters. The van der Waals surface area contributed by atoms with E-state index < -0.39 is 6.09 Å². The Balaban J connectivity index is 2.32. The average molecular weight is 259 g/mol. The molecule has 0 aromatic heterocycles. The molecular formula is C14H13NO4. The van der Waals surface area contributed by atoms with Gasteiger partial charge in [0.25, 0.3) is 0 Å². The van der Waals surface area contributed by atoms with E-state index in [4.69, 9.17) is 0 Å². The van der Waals surface area contributed by atoms with E-state index in [1.807, 2.05) is 0 Å². The van der Waals surface area contributed by atoms with Crippen molar-refractivity contribution in [2.75, 3.05) is 4.90 Å². The average Bonchev–Trinajstić information content (AvgIpc) is 2.37. The molecule has 2 aromatic rings. The third-order valence-corrected chi connectivity index (χ3v) is 2.65. The van der Waals surface area contributed by atoms with Crippen molar-refractivity contribution in [1.82, 2.24) is 0 Å². The van der Waals surface area contributed by atoms with Crippen molar-refractivity contribution >= 4 is 11.8 Å². The van der Waals surface area contributed by atoms with E-state index in [1.165, 1.54) is 24.3 Å². The van der Waals surface area contributed by atoms with Crippen LogP contribution in [0.4, 0.5) is 10.5 Å². The Kier molecular flexibility index (Phi) is 3.56. The zero-order valence-corrected chi connectivity index (χ0v) is 10.0. The lowest BCUT2D eigenvalue weighted by molar-refractivity contribution is 0.201. The molecule has 5 heteroatoms. The second-order valence-corrected chi connectivity index (χ2v) is 4.03. The molecule has 0 bridgehead atoms. The van der Waals surface area contributed by atoms with Crippen molar-refractivity contribution in [1.29, 1.82) is 0 Å². The predicted molar refractivity (Wildman–Crippen MR) is 70.4 cm³/mol. The molecule has 0 aliphatic rings. The van der Waals surface area contributed by atoms with Crippen molar-refractivity contribution in [2.45, 2.75) is 6.54 Å². The minimum Gasteiger partial charge on any atom is -0.508 e. The number of phenolic OH excluding ortho intramolecular Hbond substituents is 2. The summed E-state index contributed by atoms with van der Waals surface area (Å²) < 4.78 is 0.